The monoisotopic (exact) mass is 382 g/mol. The Morgan fingerprint density at radius 1 is 1.07 bits per heavy atom. The number of nitrogens with one attached hydrogen (secondary N) is 1. The van der Waals surface area contributed by atoms with Gasteiger partial charge in [-0.1, -0.05) is 24.3 Å². The lowest BCUT2D eigenvalue weighted by Gasteiger charge is -2.22. The summed E-state index contributed by atoms with van der Waals surface area (Å²) in [6.07, 6.45) is -4.69. The highest BCUT2D eigenvalue weighted by molar-refractivity contribution is 5.91. The van der Waals surface area contributed by atoms with Crippen molar-refractivity contribution >= 4 is 17.5 Å². The van der Waals surface area contributed by atoms with Crippen molar-refractivity contribution in [3.05, 3.63) is 65.5 Å². The molecular weight excluding hydrogens is 364 g/mol. The lowest BCUT2D eigenvalue weighted by atomic mass is 10.1. The Bertz CT molecular complexity index is 821. The molecule has 0 radical (unpaired) electrons. The normalized spacial score (nSPS) is 11.1. The van der Waals surface area contributed by atoms with Crippen molar-refractivity contribution in [3.8, 4) is 0 Å². The molecule has 0 aromatic heterocycles. The minimum atomic E-state index is -4.52. The zero-order valence-corrected chi connectivity index (χ0v) is 14.5. The molecule has 0 aliphatic carbocycles. The summed E-state index contributed by atoms with van der Waals surface area (Å²) in [4.78, 5) is 24.8. The van der Waals surface area contributed by atoms with Gasteiger partial charge in [-0.05, 0) is 29.8 Å². The maximum absolute atomic E-state index is 13.5. The van der Waals surface area contributed by atoms with E-state index >= 15 is 0 Å². The molecule has 2 aromatic rings. The van der Waals surface area contributed by atoms with Crippen LogP contribution in [0.15, 0.2) is 48.5 Å². The molecule has 0 fully saturated rings. The molecule has 0 aliphatic rings. The van der Waals surface area contributed by atoms with Gasteiger partial charge in [0.05, 0.1) is 12.0 Å². The molecule has 2 amide bonds. The zero-order chi connectivity index (χ0) is 20.0. The minimum absolute atomic E-state index is 0.0142. The third-order valence-electron chi connectivity index (χ3n) is 3.83. The number of rotatable bonds is 6. The van der Waals surface area contributed by atoms with Crippen LogP contribution in [-0.2, 0) is 22.2 Å². The van der Waals surface area contributed by atoms with Crippen LogP contribution in [0.1, 0.15) is 18.1 Å². The fourth-order valence-corrected chi connectivity index (χ4v) is 2.50. The van der Waals surface area contributed by atoms with E-state index in [2.05, 4.69) is 5.32 Å². The standard InChI is InChI=1S/C19H18F4N2O2/c1-13(26)25(16-7-4-6-15(12-16)19(21,22)23)10-9-24-18(27)11-14-5-2-3-8-17(14)20/h2-8,12H,9-11H2,1H3,(H,24,27). The van der Waals surface area contributed by atoms with Crippen LogP contribution in [0.2, 0.25) is 0 Å². The molecule has 0 spiro atoms. The molecule has 0 unspecified atom stereocenters. The Kier molecular flexibility index (Phi) is 6.55. The molecule has 0 heterocycles. The third kappa shape index (κ3) is 5.80. The van der Waals surface area contributed by atoms with Gasteiger partial charge < -0.3 is 10.2 Å². The number of halogens is 4. The first-order chi connectivity index (χ1) is 12.7. The van der Waals surface area contributed by atoms with Gasteiger partial charge in [-0.3, -0.25) is 9.59 Å². The second-order valence-corrected chi connectivity index (χ2v) is 5.84. The highest BCUT2D eigenvalue weighted by atomic mass is 19.4. The summed E-state index contributed by atoms with van der Waals surface area (Å²) in [6.45, 7) is 1.23. The summed E-state index contributed by atoms with van der Waals surface area (Å²) in [5.41, 5.74) is -0.549. The van der Waals surface area contributed by atoms with Gasteiger partial charge in [0, 0.05) is 25.7 Å². The van der Waals surface area contributed by atoms with Crippen molar-refractivity contribution in [2.45, 2.75) is 19.5 Å². The Labute approximate surface area is 153 Å². The molecule has 0 bridgehead atoms. The van der Waals surface area contributed by atoms with Gasteiger partial charge in [-0.2, -0.15) is 13.2 Å². The van der Waals surface area contributed by atoms with Gasteiger partial charge >= 0.3 is 6.18 Å². The number of carbonyl (C=O) groups excluding carboxylic acids is 2. The molecule has 27 heavy (non-hydrogen) atoms. The molecule has 8 heteroatoms. The summed E-state index contributed by atoms with van der Waals surface area (Å²) < 4.78 is 52.1. The van der Waals surface area contributed by atoms with Crippen LogP contribution in [0, 0.1) is 5.82 Å². The van der Waals surface area contributed by atoms with Crippen LogP contribution < -0.4 is 10.2 Å². The Balaban J connectivity index is 1.98. The van der Waals surface area contributed by atoms with Crippen LogP contribution in [0.4, 0.5) is 23.2 Å². The molecule has 2 rings (SSSR count). The van der Waals surface area contributed by atoms with Gasteiger partial charge in [-0.25, -0.2) is 4.39 Å². The van der Waals surface area contributed by atoms with Gasteiger partial charge in [0.25, 0.3) is 0 Å². The van der Waals surface area contributed by atoms with Gasteiger partial charge in [0.15, 0.2) is 0 Å². The Hall–Kier alpha value is -2.90. The number of nitrogens with zero attached hydrogens (tertiary/aromatic N) is 1. The predicted molar refractivity (Wildman–Crippen MR) is 92.6 cm³/mol. The summed E-state index contributed by atoms with van der Waals surface area (Å²) in [7, 11) is 0. The highest BCUT2D eigenvalue weighted by Crippen LogP contribution is 2.31. The number of alkyl halides is 3. The zero-order valence-electron chi connectivity index (χ0n) is 14.5. The molecule has 0 aliphatic heterocycles. The van der Waals surface area contributed by atoms with E-state index in [1.807, 2.05) is 0 Å². The smallest absolute Gasteiger partial charge is 0.354 e. The second kappa shape index (κ2) is 8.66. The lowest BCUT2D eigenvalue weighted by Crippen LogP contribution is -2.38. The first-order valence-electron chi connectivity index (χ1n) is 8.14. The molecule has 0 saturated carbocycles. The molecule has 144 valence electrons. The number of benzene rings is 2. The molecule has 4 nitrogen and oxygen atoms in total. The van der Waals surface area contributed by atoms with Gasteiger partial charge in [0.1, 0.15) is 5.82 Å². The Morgan fingerprint density at radius 2 is 1.78 bits per heavy atom. The van der Waals surface area contributed by atoms with Crippen LogP contribution in [0.3, 0.4) is 0 Å². The highest BCUT2D eigenvalue weighted by Gasteiger charge is 2.31. The molecule has 2 aromatic carbocycles. The van der Waals surface area contributed by atoms with Crippen molar-refractivity contribution in [1.29, 1.82) is 0 Å². The van der Waals surface area contributed by atoms with Crippen LogP contribution in [-0.4, -0.2) is 24.9 Å². The topological polar surface area (TPSA) is 49.4 Å². The number of hydrogen-bond acceptors (Lipinski definition) is 2. The van der Waals surface area contributed by atoms with E-state index in [9.17, 15) is 27.2 Å². The fourth-order valence-electron chi connectivity index (χ4n) is 2.50. The molecule has 1 N–H and O–H groups in total. The van der Waals surface area contributed by atoms with E-state index in [0.29, 0.717) is 0 Å². The average Bonchev–Trinajstić information content (AvgIpc) is 2.60. The predicted octanol–water partition coefficient (Wildman–Crippen LogP) is 3.56. The quantitative estimate of drug-likeness (QED) is 0.777. The Morgan fingerprint density at radius 3 is 2.41 bits per heavy atom. The fraction of sp³-hybridized carbons (Fsp3) is 0.263. The maximum atomic E-state index is 13.5. The number of hydrogen-bond donors (Lipinski definition) is 1. The average molecular weight is 382 g/mol. The van der Waals surface area contributed by atoms with E-state index in [1.165, 1.54) is 37.3 Å². The SMILES string of the molecule is CC(=O)N(CCNC(=O)Cc1ccccc1F)c1cccc(C(F)(F)F)c1. The first-order valence-corrected chi connectivity index (χ1v) is 8.14. The van der Waals surface area contributed by atoms with Crippen LogP contribution in [0.25, 0.3) is 0 Å². The number of carbonyl (C=O) groups is 2. The van der Waals surface area contributed by atoms with Crippen molar-refractivity contribution in [1.82, 2.24) is 5.32 Å². The molecular formula is C19H18F4N2O2. The number of amides is 2. The third-order valence-corrected chi connectivity index (χ3v) is 3.83. The van der Waals surface area contributed by atoms with E-state index < -0.39 is 29.4 Å². The van der Waals surface area contributed by atoms with E-state index in [0.717, 1.165) is 17.0 Å². The molecule has 0 atom stereocenters. The maximum Gasteiger partial charge on any atom is 0.416 e. The van der Waals surface area contributed by atoms with Crippen LogP contribution >= 0.6 is 0 Å². The largest absolute Gasteiger partial charge is 0.416 e. The van der Waals surface area contributed by atoms with Gasteiger partial charge in [-0.15, -0.1) is 0 Å². The van der Waals surface area contributed by atoms with Crippen molar-refractivity contribution in [3.63, 3.8) is 0 Å². The van der Waals surface area contributed by atoms with Crippen molar-refractivity contribution in [2.24, 2.45) is 0 Å². The number of anilines is 1. The van der Waals surface area contributed by atoms with E-state index in [4.69, 9.17) is 0 Å². The summed E-state index contributed by atoms with van der Waals surface area (Å²) in [5, 5.41) is 2.54. The summed E-state index contributed by atoms with van der Waals surface area (Å²) in [5.74, 6) is -1.41. The van der Waals surface area contributed by atoms with Crippen molar-refractivity contribution < 1.29 is 27.2 Å². The molecule has 0 saturated heterocycles. The first kappa shape index (κ1) is 20.4. The van der Waals surface area contributed by atoms with Gasteiger partial charge in [0.2, 0.25) is 11.8 Å². The minimum Gasteiger partial charge on any atom is -0.354 e. The van der Waals surface area contributed by atoms with Crippen molar-refractivity contribution in [2.75, 3.05) is 18.0 Å². The van der Waals surface area contributed by atoms with E-state index in [1.54, 1.807) is 6.07 Å². The lowest BCUT2D eigenvalue weighted by molar-refractivity contribution is -0.137. The second-order valence-electron chi connectivity index (χ2n) is 5.84. The van der Waals surface area contributed by atoms with Crippen LogP contribution in [0.5, 0.6) is 0 Å². The summed E-state index contributed by atoms with van der Waals surface area (Å²) >= 11 is 0. The van der Waals surface area contributed by atoms with E-state index in [-0.39, 0.29) is 30.8 Å². The summed E-state index contributed by atoms with van der Waals surface area (Å²) in [6, 6.07) is 10.2.